The number of halogens is 3. The predicted molar refractivity (Wildman–Crippen MR) is 70.4 cm³/mol. The Morgan fingerprint density at radius 1 is 1.40 bits per heavy atom. The summed E-state index contributed by atoms with van der Waals surface area (Å²) in [5.74, 6) is -3.31. The molecule has 0 amide bonds. The van der Waals surface area contributed by atoms with E-state index >= 15 is 0 Å². The van der Waals surface area contributed by atoms with Crippen LogP contribution in [0.4, 0.5) is 4.39 Å². The summed E-state index contributed by atoms with van der Waals surface area (Å²) in [5, 5.41) is 11.0. The molecule has 1 aromatic rings. The van der Waals surface area contributed by atoms with Crippen molar-refractivity contribution in [3.05, 3.63) is 39.5 Å². The zero-order chi connectivity index (χ0) is 14.9. The Bertz CT molecular complexity index is 615. The average Bonchev–Trinajstić information content (AvgIpc) is 3.17. The molecule has 20 heavy (non-hydrogen) atoms. The van der Waals surface area contributed by atoms with Crippen LogP contribution in [-0.4, -0.2) is 27.9 Å². The minimum Gasteiger partial charge on any atom is -0.477 e. The van der Waals surface area contributed by atoms with Gasteiger partial charge in [0.25, 0.3) is 0 Å². The lowest BCUT2D eigenvalue weighted by Gasteiger charge is -2.06. The van der Waals surface area contributed by atoms with Gasteiger partial charge in [-0.3, -0.25) is 4.79 Å². The number of ketones is 1. The molecule has 1 heterocycles. The van der Waals surface area contributed by atoms with Crippen LogP contribution in [0.1, 0.15) is 23.2 Å². The van der Waals surface area contributed by atoms with Crippen LogP contribution in [0.2, 0.25) is 10.3 Å². The van der Waals surface area contributed by atoms with Crippen molar-refractivity contribution in [2.75, 3.05) is 0 Å². The van der Waals surface area contributed by atoms with Gasteiger partial charge in [0.15, 0.2) is 11.0 Å². The third kappa shape index (κ3) is 3.26. The van der Waals surface area contributed by atoms with Crippen molar-refractivity contribution in [2.24, 2.45) is 0 Å². The van der Waals surface area contributed by atoms with Crippen molar-refractivity contribution in [3.8, 4) is 0 Å². The topological polar surface area (TPSA) is 79.3 Å². The van der Waals surface area contributed by atoms with Gasteiger partial charge < -0.3 is 10.4 Å². The molecule has 1 aliphatic carbocycles. The first-order valence-corrected chi connectivity index (χ1v) is 6.41. The number of hydrogen-bond acceptors (Lipinski definition) is 4. The number of carboxylic acid groups (broad SMARTS) is 1. The maximum Gasteiger partial charge on any atom is 0.341 e. The van der Waals surface area contributed by atoms with E-state index in [1.165, 1.54) is 0 Å². The van der Waals surface area contributed by atoms with Crippen molar-refractivity contribution in [2.45, 2.75) is 18.9 Å². The molecule has 0 aromatic carbocycles. The third-order valence-electron chi connectivity index (χ3n) is 2.65. The van der Waals surface area contributed by atoms with Gasteiger partial charge in [-0.05, 0) is 18.9 Å². The Kier molecular flexibility index (Phi) is 4.25. The summed E-state index contributed by atoms with van der Waals surface area (Å²) < 4.78 is 13.3. The zero-order valence-corrected chi connectivity index (χ0v) is 11.5. The Morgan fingerprint density at radius 3 is 2.60 bits per heavy atom. The number of hydrogen-bond donors (Lipinski definition) is 2. The number of nitrogens with zero attached hydrogens (tertiary/aromatic N) is 1. The van der Waals surface area contributed by atoms with Gasteiger partial charge in [-0.1, -0.05) is 23.2 Å². The maximum atomic E-state index is 13.3. The number of Topliss-reactive ketones (excluding diaryl/α,β-unsaturated/α-hetero) is 1. The second-order valence-corrected chi connectivity index (χ2v) is 4.95. The normalized spacial score (nSPS) is 15.1. The van der Waals surface area contributed by atoms with Crippen molar-refractivity contribution in [1.82, 2.24) is 10.3 Å². The first kappa shape index (κ1) is 14.7. The van der Waals surface area contributed by atoms with Gasteiger partial charge in [0.1, 0.15) is 10.7 Å². The summed E-state index contributed by atoms with van der Waals surface area (Å²) in [7, 11) is 0. The van der Waals surface area contributed by atoms with Crippen LogP contribution in [0.3, 0.4) is 0 Å². The molecule has 1 aliphatic rings. The summed E-state index contributed by atoms with van der Waals surface area (Å²) in [6.45, 7) is 0. The largest absolute Gasteiger partial charge is 0.477 e. The second kappa shape index (κ2) is 5.76. The summed E-state index contributed by atoms with van der Waals surface area (Å²) in [4.78, 5) is 26.6. The van der Waals surface area contributed by atoms with E-state index in [2.05, 4.69) is 10.3 Å². The molecule has 1 fully saturated rings. The smallest absolute Gasteiger partial charge is 0.341 e. The molecule has 2 N–H and O–H groups in total. The molecule has 0 saturated heterocycles. The van der Waals surface area contributed by atoms with E-state index in [9.17, 15) is 14.0 Å². The van der Waals surface area contributed by atoms with Crippen LogP contribution < -0.4 is 5.32 Å². The lowest BCUT2D eigenvalue weighted by atomic mass is 10.1. The van der Waals surface area contributed by atoms with Gasteiger partial charge in [0.05, 0.1) is 5.56 Å². The standard InChI is InChI=1S/C12H9Cl2FN2O3/c13-10-6(3-8(15)11(14)17-10)9(18)7(12(19)20)4-16-5-1-2-5/h3-5,16H,1-2H2,(H,19,20)/b7-4+. The fraction of sp³-hybridized carbons (Fsp3) is 0.250. The molecular formula is C12H9Cl2FN2O3. The zero-order valence-electron chi connectivity index (χ0n) is 9.99. The van der Waals surface area contributed by atoms with E-state index in [4.69, 9.17) is 28.3 Å². The number of aliphatic carboxylic acids is 1. The Balaban J connectivity index is 2.34. The fourth-order valence-electron chi connectivity index (χ4n) is 1.43. The van der Waals surface area contributed by atoms with Crippen molar-refractivity contribution < 1.29 is 19.1 Å². The lowest BCUT2D eigenvalue weighted by molar-refractivity contribution is -0.132. The highest BCUT2D eigenvalue weighted by molar-refractivity contribution is 6.37. The van der Waals surface area contributed by atoms with E-state index in [0.717, 1.165) is 25.1 Å². The number of pyridine rings is 1. The maximum absolute atomic E-state index is 13.3. The molecule has 0 aliphatic heterocycles. The molecule has 5 nitrogen and oxygen atoms in total. The molecular weight excluding hydrogens is 310 g/mol. The van der Waals surface area contributed by atoms with Crippen LogP contribution in [-0.2, 0) is 4.79 Å². The molecule has 0 unspecified atom stereocenters. The van der Waals surface area contributed by atoms with Crippen LogP contribution in [0.5, 0.6) is 0 Å². The SMILES string of the molecule is O=C(O)/C(=C/NC1CC1)C(=O)c1cc(F)c(Cl)nc1Cl. The lowest BCUT2D eigenvalue weighted by Crippen LogP contribution is -2.19. The minimum absolute atomic E-state index is 0.174. The second-order valence-electron chi connectivity index (χ2n) is 4.23. The average molecular weight is 319 g/mol. The highest BCUT2D eigenvalue weighted by Gasteiger charge is 2.26. The van der Waals surface area contributed by atoms with Crippen LogP contribution in [0.15, 0.2) is 17.8 Å². The number of aromatic nitrogens is 1. The fourth-order valence-corrected chi connectivity index (χ4v) is 1.83. The predicted octanol–water partition coefficient (Wildman–Crippen LogP) is 2.43. The number of carbonyl (C=O) groups is 2. The monoisotopic (exact) mass is 318 g/mol. The molecule has 1 aromatic heterocycles. The van der Waals surface area contributed by atoms with E-state index in [0.29, 0.717) is 0 Å². The Morgan fingerprint density at radius 2 is 2.05 bits per heavy atom. The molecule has 0 radical (unpaired) electrons. The highest BCUT2D eigenvalue weighted by atomic mass is 35.5. The molecule has 0 spiro atoms. The molecule has 0 atom stereocenters. The number of carbonyl (C=O) groups excluding carboxylic acids is 1. The van der Waals surface area contributed by atoms with Gasteiger partial charge in [-0.2, -0.15) is 0 Å². The summed E-state index contributed by atoms with van der Waals surface area (Å²) in [6.07, 6.45) is 2.93. The quantitative estimate of drug-likeness (QED) is 0.286. The van der Waals surface area contributed by atoms with Crippen LogP contribution >= 0.6 is 23.2 Å². The van der Waals surface area contributed by atoms with Crippen molar-refractivity contribution in [3.63, 3.8) is 0 Å². The van der Waals surface area contributed by atoms with Crippen LogP contribution in [0.25, 0.3) is 0 Å². The number of nitrogens with one attached hydrogen (secondary N) is 1. The van der Waals surface area contributed by atoms with Gasteiger partial charge >= 0.3 is 5.97 Å². The van der Waals surface area contributed by atoms with Gasteiger partial charge in [-0.25, -0.2) is 14.2 Å². The molecule has 1 saturated carbocycles. The van der Waals surface area contributed by atoms with Crippen molar-refractivity contribution >= 4 is 35.0 Å². The number of carboxylic acids is 1. The molecule has 8 heteroatoms. The summed E-state index contributed by atoms with van der Waals surface area (Å²) in [5.41, 5.74) is -0.887. The van der Waals surface area contributed by atoms with E-state index in [1.54, 1.807) is 0 Å². The first-order valence-electron chi connectivity index (χ1n) is 5.66. The van der Waals surface area contributed by atoms with Crippen LogP contribution in [0, 0.1) is 5.82 Å². The van der Waals surface area contributed by atoms with E-state index in [-0.39, 0.29) is 16.8 Å². The minimum atomic E-state index is -1.44. The van der Waals surface area contributed by atoms with Crippen molar-refractivity contribution in [1.29, 1.82) is 0 Å². The van der Waals surface area contributed by atoms with Gasteiger partial charge in [0.2, 0.25) is 5.78 Å². The Hall–Kier alpha value is -1.66. The highest BCUT2D eigenvalue weighted by Crippen LogP contribution is 2.23. The third-order valence-corrected chi connectivity index (χ3v) is 3.20. The number of rotatable bonds is 5. The van der Waals surface area contributed by atoms with E-state index in [1.807, 2.05) is 0 Å². The Labute approximate surface area is 123 Å². The molecule has 2 rings (SSSR count). The molecule has 106 valence electrons. The van der Waals surface area contributed by atoms with Gasteiger partial charge in [-0.15, -0.1) is 0 Å². The summed E-state index contributed by atoms with van der Waals surface area (Å²) >= 11 is 11.1. The molecule has 0 bridgehead atoms. The summed E-state index contributed by atoms with van der Waals surface area (Å²) in [6, 6.07) is 0.946. The van der Waals surface area contributed by atoms with Gasteiger partial charge in [0, 0.05) is 12.2 Å². The first-order chi connectivity index (χ1) is 9.40. The van der Waals surface area contributed by atoms with E-state index < -0.39 is 28.3 Å².